The van der Waals surface area contributed by atoms with Crippen molar-refractivity contribution in [3.8, 4) is 79.2 Å². The van der Waals surface area contributed by atoms with Gasteiger partial charge in [-0.15, -0.1) is 0 Å². The standard InChI is InChI=1S/C93H55N7O2/c1-3-23-58(24-4-1)91-94-92(59-25-5-2-6-26-59)96-93(95-91)60-53-63(97-76-38-14-7-27-67(76)68-28-8-15-39-77(68)97)55-64(54-60)100-80-42-18-11-33-75(80)85-87-83(73-31-9-16-40-78(73)98(87)61-49-45-56(46-50-61)65-34-21-36-71-69-29-12-19-43-81(69)101-89(65)71)86-84(88(85)100)74-32-10-17-41-79(74)99(86)62-51-47-57(48-52-62)66-35-22-37-72-70-30-13-20-44-82(70)102-90(66)72/h1-55H. The summed E-state index contributed by atoms with van der Waals surface area (Å²) in [4.78, 5) is 16.2. The van der Waals surface area contributed by atoms with E-state index in [9.17, 15) is 0 Å². The Balaban J connectivity index is 0.874. The van der Waals surface area contributed by atoms with Gasteiger partial charge in [-0.2, -0.15) is 0 Å². The Morgan fingerprint density at radius 1 is 0.206 bits per heavy atom. The van der Waals surface area contributed by atoms with Gasteiger partial charge in [0.15, 0.2) is 17.5 Å². The summed E-state index contributed by atoms with van der Waals surface area (Å²) >= 11 is 0. The Morgan fingerprint density at radius 3 is 0.931 bits per heavy atom. The van der Waals surface area contributed by atoms with Crippen molar-refractivity contribution in [2.24, 2.45) is 0 Å². The van der Waals surface area contributed by atoms with Gasteiger partial charge in [0, 0.05) is 115 Å². The van der Waals surface area contributed by atoms with Crippen molar-refractivity contribution in [1.29, 1.82) is 0 Å². The van der Waals surface area contributed by atoms with Gasteiger partial charge in [-0.3, -0.25) is 0 Å². The molecule has 0 bridgehead atoms. The van der Waals surface area contributed by atoms with Gasteiger partial charge in [-0.1, -0.05) is 249 Å². The zero-order valence-electron chi connectivity index (χ0n) is 54.7. The minimum absolute atomic E-state index is 0.552. The van der Waals surface area contributed by atoms with Crippen molar-refractivity contribution in [2.75, 3.05) is 0 Å². The Labute approximate surface area is 582 Å². The number of nitrogens with zero attached hydrogens (tertiary/aromatic N) is 7. The average molecular weight is 1300 g/mol. The van der Waals surface area contributed by atoms with Gasteiger partial charge in [-0.05, 0) is 96.1 Å². The molecule has 0 fully saturated rings. The number of fused-ring (bicyclic) bond motifs is 21. The Hall–Kier alpha value is -13.9. The number of rotatable bonds is 9. The number of hydrogen-bond acceptors (Lipinski definition) is 5. The van der Waals surface area contributed by atoms with E-state index in [1.807, 2.05) is 48.5 Å². The summed E-state index contributed by atoms with van der Waals surface area (Å²) in [5.41, 5.74) is 22.9. The molecule has 0 aliphatic carbocycles. The Morgan fingerprint density at radius 2 is 0.520 bits per heavy atom. The molecule has 0 amide bonds. The third-order valence-electron chi connectivity index (χ3n) is 21.0. The van der Waals surface area contributed by atoms with Crippen LogP contribution in [0.25, 0.3) is 210 Å². The van der Waals surface area contributed by atoms with Gasteiger partial charge in [0.05, 0.1) is 44.1 Å². The average Bonchev–Trinajstić information content (AvgIpc) is 1.51. The van der Waals surface area contributed by atoms with Crippen LogP contribution in [0.5, 0.6) is 0 Å². The molecule has 0 radical (unpaired) electrons. The summed E-state index contributed by atoms with van der Waals surface area (Å²) in [6.45, 7) is 0. The SMILES string of the molecule is c1ccc(-c2nc(-c3ccccc3)nc(-c3cc(-n4c5ccccc5c5ccccc54)cc(-n4c5ccccc5c5c6c(c7ccccc7n6-c6ccc(-c7cccc8c7oc7ccccc78)cc6)c6c(c7ccccc7n6-c6ccc(-c7cccc8c7oc7ccccc78)cc6)c54)c3)n2)cc1. The predicted molar refractivity (Wildman–Crippen MR) is 419 cm³/mol. The minimum Gasteiger partial charge on any atom is -0.455 e. The van der Waals surface area contributed by atoms with Crippen LogP contribution >= 0.6 is 0 Å². The lowest BCUT2D eigenvalue weighted by Gasteiger charge is -2.17. The zero-order chi connectivity index (χ0) is 66.7. The van der Waals surface area contributed by atoms with Crippen LogP contribution in [0.15, 0.2) is 342 Å². The van der Waals surface area contributed by atoms with E-state index in [2.05, 4.69) is 303 Å². The molecular formula is C93H55N7O2. The van der Waals surface area contributed by atoms with Crippen LogP contribution in [0.1, 0.15) is 0 Å². The fourth-order valence-electron chi connectivity index (χ4n) is 16.6. The lowest BCUT2D eigenvalue weighted by Crippen LogP contribution is -2.04. The summed E-state index contributed by atoms with van der Waals surface area (Å²) in [6, 6.07) is 120. The molecule has 0 N–H and O–H groups in total. The molecule has 102 heavy (non-hydrogen) atoms. The minimum atomic E-state index is 0.552. The molecule has 9 nitrogen and oxygen atoms in total. The largest absolute Gasteiger partial charge is 0.455 e. The van der Waals surface area contributed by atoms with Crippen LogP contribution in [-0.4, -0.2) is 33.2 Å². The first-order valence-corrected chi connectivity index (χ1v) is 34.6. The van der Waals surface area contributed by atoms with Gasteiger partial charge in [0.1, 0.15) is 22.3 Å². The van der Waals surface area contributed by atoms with Crippen LogP contribution in [0.3, 0.4) is 0 Å². The van der Waals surface area contributed by atoms with E-state index in [0.29, 0.717) is 17.5 Å². The number of aromatic nitrogens is 7. The van der Waals surface area contributed by atoms with Gasteiger partial charge in [0.25, 0.3) is 0 Å². The zero-order valence-corrected chi connectivity index (χ0v) is 54.7. The van der Waals surface area contributed by atoms with Crippen molar-refractivity contribution >= 4 is 131 Å². The molecule has 0 aliphatic rings. The molecule has 15 aromatic carbocycles. The second-order valence-electron chi connectivity index (χ2n) is 26.5. The molecule has 22 aromatic rings. The normalized spacial score (nSPS) is 12.1. The van der Waals surface area contributed by atoms with E-state index in [1.165, 1.54) is 10.8 Å². The van der Waals surface area contributed by atoms with Crippen molar-refractivity contribution in [2.45, 2.75) is 0 Å². The topological polar surface area (TPSA) is 84.7 Å². The van der Waals surface area contributed by atoms with Crippen LogP contribution in [0.4, 0.5) is 0 Å². The fourth-order valence-corrected chi connectivity index (χ4v) is 16.6. The van der Waals surface area contributed by atoms with Gasteiger partial charge in [-0.25, -0.2) is 15.0 Å². The maximum atomic E-state index is 6.67. The quantitative estimate of drug-likeness (QED) is 0.144. The number of furan rings is 2. The van der Waals surface area contributed by atoms with E-state index in [-0.39, 0.29) is 0 Å². The first kappa shape index (κ1) is 56.2. The Bertz CT molecular complexity index is 6930. The van der Waals surface area contributed by atoms with E-state index in [4.69, 9.17) is 23.8 Å². The van der Waals surface area contributed by atoms with Crippen molar-refractivity contribution < 1.29 is 8.83 Å². The molecule has 22 rings (SSSR count). The molecule has 0 spiro atoms. The third-order valence-corrected chi connectivity index (χ3v) is 21.0. The van der Waals surface area contributed by atoms with Gasteiger partial charge in [0.2, 0.25) is 0 Å². The monoisotopic (exact) mass is 1300 g/mol. The number of para-hydroxylation sites is 9. The smallest absolute Gasteiger partial charge is 0.164 e. The van der Waals surface area contributed by atoms with E-state index >= 15 is 0 Å². The van der Waals surface area contributed by atoms with Crippen LogP contribution in [0.2, 0.25) is 0 Å². The number of benzene rings is 15. The molecule has 7 aromatic heterocycles. The van der Waals surface area contributed by atoms with Crippen LogP contribution in [0, 0.1) is 0 Å². The second kappa shape index (κ2) is 21.8. The highest BCUT2D eigenvalue weighted by Crippen LogP contribution is 2.52. The highest BCUT2D eigenvalue weighted by Gasteiger charge is 2.30. The summed E-state index contributed by atoms with van der Waals surface area (Å²) < 4.78 is 23.3. The highest BCUT2D eigenvalue weighted by molar-refractivity contribution is 6.40. The lowest BCUT2D eigenvalue weighted by molar-refractivity contribution is 0.669. The van der Waals surface area contributed by atoms with Gasteiger partial charge < -0.3 is 27.1 Å². The lowest BCUT2D eigenvalue weighted by atomic mass is 10.0. The molecule has 474 valence electrons. The van der Waals surface area contributed by atoms with Crippen LogP contribution < -0.4 is 0 Å². The predicted octanol–water partition coefficient (Wildman–Crippen LogP) is 24.4. The summed E-state index contributed by atoms with van der Waals surface area (Å²) in [5.74, 6) is 1.73. The maximum Gasteiger partial charge on any atom is 0.164 e. The molecule has 9 heteroatoms. The first-order valence-electron chi connectivity index (χ1n) is 34.6. The fraction of sp³-hybridized carbons (Fsp3) is 0. The molecule has 0 saturated carbocycles. The molecule has 0 unspecified atom stereocenters. The summed E-state index contributed by atoms with van der Waals surface area (Å²) in [6.07, 6.45) is 0. The Kier molecular flexibility index (Phi) is 12.0. The van der Waals surface area contributed by atoms with Gasteiger partial charge >= 0.3 is 0 Å². The second-order valence-corrected chi connectivity index (χ2v) is 26.5. The van der Waals surface area contributed by atoms with E-state index in [1.54, 1.807) is 0 Å². The molecule has 0 saturated heterocycles. The highest BCUT2D eigenvalue weighted by atomic mass is 16.3. The molecular weight excluding hydrogens is 1250 g/mol. The van der Waals surface area contributed by atoms with Crippen molar-refractivity contribution in [3.63, 3.8) is 0 Å². The maximum absolute atomic E-state index is 6.67. The summed E-state index contributed by atoms with van der Waals surface area (Å²) in [5, 5.41) is 13.5. The van der Waals surface area contributed by atoms with Crippen molar-refractivity contribution in [3.05, 3.63) is 334 Å². The van der Waals surface area contributed by atoms with Crippen LogP contribution in [-0.2, 0) is 0 Å². The van der Waals surface area contributed by atoms with E-state index in [0.717, 1.165) is 182 Å². The molecule has 0 aliphatic heterocycles. The molecule has 7 heterocycles. The first-order chi connectivity index (χ1) is 50.6. The number of hydrogen-bond donors (Lipinski definition) is 0. The summed E-state index contributed by atoms with van der Waals surface area (Å²) in [7, 11) is 0. The van der Waals surface area contributed by atoms with Crippen molar-refractivity contribution in [1.82, 2.24) is 33.2 Å². The van der Waals surface area contributed by atoms with E-state index < -0.39 is 0 Å². The molecule has 0 atom stereocenters. The third kappa shape index (κ3) is 8.24.